The highest BCUT2D eigenvalue weighted by Crippen LogP contribution is 2.38. The van der Waals surface area contributed by atoms with E-state index in [1.807, 2.05) is 32.3 Å². The zero-order valence-electron chi connectivity index (χ0n) is 17.8. The van der Waals surface area contributed by atoms with E-state index in [1.165, 1.54) is 5.56 Å². The second-order valence-electron chi connectivity index (χ2n) is 8.10. The van der Waals surface area contributed by atoms with Gasteiger partial charge in [-0.3, -0.25) is 9.79 Å². The van der Waals surface area contributed by atoms with Gasteiger partial charge in [0.1, 0.15) is 0 Å². The Morgan fingerprint density at radius 2 is 1.89 bits per heavy atom. The maximum atomic E-state index is 12.7. The Hall–Kier alpha value is -2.08. The van der Waals surface area contributed by atoms with Gasteiger partial charge in [0.2, 0.25) is 5.91 Å². The van der Waals surface area contributed by atoms with Crippen molar-refractivity contribution in [1.29, 1.82) is 0 Å². The molecule has 1 unspecified atom stereocenters. The molecule has 2 N–H and O–H groups in total. The first-order valence-corrected chi connectivity index (χ1v) is 10.2. The van der Waals surface area contributed by atoms with Gasteiger partial charge in [-0.1, -0.05) is 50.1 Å². The molecule has 1 aromatic rings. The van der Waals surface area contributed by atoms with Crippen LogP contribution in [0.15, 0.2) is 35.3 Å². The van der Waals surface area contributed by atoms with Gasteiger partial charge in [0, 0.05) is 34.2 Å². The average molecular weight is 389 g/mol. The quantitative estimate of drug-likeness (QED) is 0.504. The molecule has 1 aliphatic rings. The van der Waals surface area contributed by atoms with E-state index in [2.05, 4.69) is 34.7 Å². The topological polar surface area (TPSA) is 66.0 Å². The second kappa shape index (κ2) is 11.1. The lowest BCUT2D eigenvalue weighted by Gasteiger charge is -2.31. The fourth-order valence-corrected chi connectivity index (χ4v) is 3.75. The van der Waals surface area contributed by atoms with Crippen molar-refractivity contribution in [1.82, 2.24) is 15.5 Å². The number of guanidine groups is 1. The Balaban J connectivity index is 1.73. The van der Waals surface area contributed by atoms with Crippen molar-refractivity contribution < 1.29 is 9.53 Å². The summed E-state index contributed by atoms with van der Waals surface area (Å²) in [5.41, 5.74) is 0.887. The number of hydrogen-bond donors (Lipinski definition) is 2. The summed E-state index contributed by atoms with van der Waals surface area (Å²) in [6, 6.07) is 10.2. The third kappa shape index (κ3) is 6.51. The van der Waals surface area contributed by atoms with Gasteiger partial charge in [-0.2, -0.15) is 0 Å². The largest absolute Gasteiger partial charge is 0.376 e. The van der Waals surface area contributed by atoms with Crippen molar-refractivity contribution in [2.45, 2.75) is 39.2 Å². The van der Waals surface area contributed by atoms with Crippen LogP contribution in [0.5, 0.6) is 0 Å². The van der Waals surface area contributed by atoms with Gasteiger partial charge in [-0.15, -0.1) is 0 Å². The minimum atomic E-state index is -0.300. The van der Waals surface area contributed by atoms with E-state index >= 15 is 0 Å². The average Bonchev–Trinajstić information content (AvgIpc) is 3.18. The summed E-state index contributed by atoms with van der Waals surface area (Å²) < 4.78 is 5.81. The number of carbonyl (C=O) groups is 1. The number of benzene rings is 1. The number of ether oxygens (including phenoxy) is 1. The van der Waals surface area contributed by atoms with Crippen LogP contribution >= 0.6 is 0 Å². The van der Waals surface area contributed by atoms with Gasteiger partial charge in [-0.05, 0) is 24.3 Å². The zero-order chi connectivity index (χ0) is 20.4. The van der Waals surface area contributed by atoms with Gasteiger partial charge in [0.05, 0.1) is 18.6 Å². The van der Waals surface area contributed by atoms with Crippen LogP contribution < -0.4 is 10.6 Å². The Morgan fingerprint density at radius 1 is 1.21 bits per heavy atom. The molecule has 1 aromatic carbocycles. The molecule has 0 heterocycles. The summed E-state index contributed by atoms with van der Waals surface area (Å²) in [7, 11) is 5.44. The lowest BCUT2D eigenvalue weighted by Crippen LogP contribution is -2.49. The van der Waals surface area contributed by atoms with Crippen LogP contribution in [0.1, 0.15) is 38.2 Å². The Morgan fingerprint density at radius 3 is 2.50 bits per heavy atom. The third-order valence-corrected chi connectivity index (χ3v) is 5.37. The number of nitrogens with zero attached hydrogens (tertiary/aromatic N) is 2. The van der Waals surface area contributed by atoms with Crippen molar-refractivity contribution in [3.8, 4) is 0 Å². The van der Waals surface area contributed by atoms with E-state index in [0.29, 0.717) is 25.7 Å². The third-order valence-electron chi connectivity index (χ3n) is 5.37. The highest BCUT2D eigenvalue weighted by Gasteiger charge is 2.42. The molecule has 1 aliphatic carbocycles. The number of hydrogen-bond acceptors (Lipinski definition) is 3. The molecule has 1 saturated carbocycles. The highest BCUT2D eigenvalue weighted by molar-refractivity contribution is 5.85. The number of amides is 1. The van der Waals surface area contributed by atoms with Crippen LogP contribution in [0.4, 0.5) is 0 Å². The molecule has 0 aromatic heterocycles. The Labute approximate surface area is 169 Å². The molecule has 6 heteroatoms. The molecule has 156 valence electrons. The van der Waals surface area contributed by atoms with E-state index in [0.717, 1.165) is 38.2 Å². The highest BCUT2D eigenvalue weighted by atomic mass is 16.5. The fourth-order valence-electron chi connectivity index (χ4n) is 3.75. The predicted octanol–water partition coefficient (Wildman–Crippen LogP) is 2.65. The molecule has 6 nitrogen and oxygen atoms in total. The standard InChI is InChI=1S/C22H36N4O2/c1-18(15-28-16-19-10-6-5-7-11-19)14-24-21(23-2)25-17-22(12-8-9-13-22)20(27)26(3)4/h5-7,10-11,18H,8-9,12-17H2,1-4H3,(H2,23,24,25). The molecule has 0 bridgehead atoms. The summed E-state index contributed by atoms with van der Waals surface area (Å²) in [4.78, 5) is 18.7. The van der Waals surface area contributed by atoms with Gasteiger partial charge in [0.25, 0.3) is 0 Å². The summed E-state index contributed by atoms with van der Waals surface area (Å²) >= 11 is 0. The minimum Gasteiger partial charge on any atom is -0.376 e. The van der Waals surface area contributed by atoms with Crippen molar-refractivity contribution in [2.24, 2.45) is 16.3 Å². The molecule has 1 fully saturated rings. The zero-order valence-corrected chi connectivity index (χ0v) is 17.8. The maximum Gasteiger partial charge on any atom is 0.230 e. The van der Waals surface area contributed by atoms with E-state index in [-0.39, 0.29) is 11.3 Å². The summed E-state index contributed by atoms with van der Waals surface area (Å²) in [5, 5.41) is 6.74. The van der Waals surface area contributed by atoms with Gasteiger partial charge >= 0.3 is 0 Å². The smallest absolute Gasteiger partial charge is 0.230 e. The maximum absolute atomic E-state index is 12.7. The van der Waals surface area contributed by atoms with Crippen LogP contribution in [0.25, 0.3) is 0 Å². The lowest BCUT2D eigenvalue weighted by molar-refractivity contribution is -0.138. The Bertz CT molecular complexity index is 625. The minimum absolute atomic E-state index is 0.218. The van der Waals surface area contributed by atoms with Crippen molar-refractivity contribution >= 4 is 11.9 Å². The van der Waals surface area contributed by atoms with E-state index in [1.54, 1.807) is 11.9 Å². The number of carbonyl (C=O) groups excluding carboxylic acids is 1. The van der Waals surface area contributed by atoms with Crippen LogP contribution in [-0.4, -0.2) is 57.6 Å². The SMILES string of the molecule is CN=C(NCC(C)COCc1ccccc1)NCC1(C(=O)N(C)C)CCCC1. The van der Waals surface area contributed by atoms with E-state index in [4.69, 9.17) is 4.74 Å². The molecule has 28 heavy (non-hydrogen) atoms. The van der Waals surface area contributed by atoms with E-state index < -0.39 is 0 Å². The molecule has 2 rings (SSSR count). The molecule has 1 atom stereocenters. The summed E-state index contributed by atoms with van der Waals surface area (Å²) in [6.45, 7) is 4.86. The van der Waals surface area contributed by atoms with Crippen LogP contribution in [-0.2, 0) is 16.1 Å². The second-order valence-corrected chi connectivity index (χ2v) is 8.10. The predicted molar refractivity (Wildman–Crippen MR) is 114 cm³/mol. The molecule has 0 saturated heterocycles. The first-order chi connectivity index (χ1) is 13.5. The van der Waals surface area contributed by atoms with Crippen LogP contribution in [0.2, 0.25) is 0 Å². The normalized spacial score (nSPS) is 17.2. The lowest BCUT2D eigenvalue weighted by atomic mass is 9.84. The van der Waals surface area contributed by atoms with Gasteiger partial charge in [0.15, 0.2) is 5.96 Å². The Kier molecular flexibility index (Phi) is 8.77. The van der Waals surface area contributed by atoms with Gasteiger partial charge in [-0.25, -0.2) is 0 Å². The first kappa shape index (κ1) is 22.2. The monoisotopic (exact) mass is 388 g/mol. The molecule has 0 spiro atoms. The van der Waals surface area contributed by atoms with Gasteiger partial charge < -0.3 is 20.3 Å². The first-order valence-electron chi connectivity index (χ1n) is 10.2. The van der Waals surface area contributed by atoms with E-state index in [9.17, 15) is 4.79 Å². The number of nitrogens with one attached hydrogen (secondary N) is 2. The molecule has 0 aliphatic heterocycles. The van der Waals surface area contributed by atoms with Crippen LogP contribution in [0.3, 0.4) is 0 Å². The van der Waals surface area contributed by atoms with Crippen molar-refractivity contribution in [3.05, 3.63) is 35.9 Å². The number of aliphatic imine (C=N–C) groups is 1. The molecular formula is C22H36N4O2. The summed E-state index contributed by atoms with van der Waals surface area (Å²) in [5.74, 6) is 1.31. The van der Waals surface area contributed by atoms with Crippen molar-refractivity contribution in [3.63, 3.8) is 0 Å². The summed E-state index contributed by atoms with van der Waals surface area (Å²) in [6.07, 6.45) is 4.11. The van der Waals surface area contributed by atoms with Crippen LogP contribution in [0, 0.1) is 11.3 Å². The molecule has 1 amide bonds. The van der Waals surface area contributed by atoms with Crippen molar-refractivity contribution in [2.75, 3.05) is 40.8 Å². The fraction of sp³-hybridized carbons (Fsp3) is 0.636. The number of rotatable bonds is 9. The molecular weight excluding hydrogens is 352 g/mol. The molecule has 0 radical (unpaired) electrons.